The minimum atomic E-state index is 0.749. The lowest BCUT2D eigenvalue weighted by Crippen LogP contribution is -2.47. The molecule has 9 atom stereocenters. The van der Waals surface area contributed by atoms with Gasteiger partial charge in [-0.25, -0.2) is 0 Å². The molecule has 0 aromatic heterocycles. The van der Waals surface area contributed by atoms with Gasteiger partial charge in [0.25, 0.3) is 0 Å². The fourth-order valence-electron chi connectivity index (χ4n) is 7.12. The Bertz CT molecular complexity index is 427. The third kappa shape index (κ3) is 1.65. The highest BCUT2D eigenvalue weighted by atomic mass is 15.0. The Hall–Kier alpha value is -0.300. The Morgan fingerprint density at radius 1 is 0.950 bits per heavy atom. The SMILES string of the molecule is CC(NC1CC2CC1C1CCCC21)C1CC2C=CC1C2. The molecule has 0 heterocycles. The molecular formula is C19H29N. The lowest BCUT2D eigenvalue weighted by molar-refractivity contribution is 0.182. The summed E-state index contributed by atoms with van der Waals surface area (Å²) in [6.45, 7) is 2.48. The third-order valence-corrected chi connectivity index (χ3v) is 7.88. The third-order valence-electron chi connectivity index (χ3n) is 7.88. The van der Waals surface area contributed by atoms with Crippen LogP contribution in [0.3, 0.4) is 0 Å². The normalized spacial score (nSPS) is 56.6. The van der Waals surface area contributed by atoms with Crippen molar-refractivity contribution in [1.82, 2.24) is 5.32 Å². The van der Waals surface area contributed by atoms with E-state index >= 15 is 0 Å². The van der Waals surface area contributed by atoms with E-state index < -0.39 is 0 Å². The maximum Gasteiger partial charge on any atom is 0.0103 e. The molecular weight excluding hydrogens is 242 g/mol. The monoisotopic (exact) mass is 271 g/mol. The molecule has 1 heteroatoms. The highest BCUT2D eigenvalue weighted by Gasteiger charge is 2.54. The van der Waals surface area contributed by atoms with Gasteiger partial charge in [-0.3, -0.25) is 0 Å². The van der Waals surface area contributed by atoms with Gasteiger partial charge in [-0.1, -0.05) is 18.6 Å². The fraction of sp³-hybridized carbons (Fsp3) is 0.895. The van der Waals surface area contributed by atoms with Crippen LogP contribution in [0, 0.1) is 41.4 Å². The Morgan fingerprint density at radius 3 is 2.65 bits per heavy atom. The van der Waals surface area contributed by atoms with E-state index in [1.807, 2.05) is 0 Å². The second kappa shape index (κ2) is 4.35. The summed E-state index contributed by atoms with van der Waals surface area (Å²) < 4.78 is 0. The molecule has 1 N–H and O–H groups in total. The van der Waals surface area contributed by atoms with Gasteiger partial charge in [-0.2, -0.15) is 0 Å². The highest BCUT2D eigenvalue weighted by molar-refractivity contribution is 5.12. The van der Waals surface area contributed by atoms with E-state index in [1.54, 1.807) is 19.3 Å². The van der Waals surface area contributed by atoms with Gasteiger partial charge in [0.2, 0.25) is 0 Å². The second-order valence-corrected chi connectivity index (χ2v) is 8.66. The van der Waals surface area contributed by atoms with Crippen molar-refractivity contribution >= 4 is 0 Å². The lowest BCUT2D eigenvalue weighted by atomic mass is 9.78. The molecule has 5 aliphatic rings. The van der Waals surface area contributed by atoms with Crippen LogP contribution in [0.2, 0.25) is 0 Å². The van der Waals surface area contributed by atoms with Crippen LogP contribution >= 0.6 is 0 Å². The molecule has 0 aromatic carbocycles. The highest BCUT2D eigenvalue weighted by Crippen LogP contribution is 2.59. The molecule has 0 spiro atoms. The molecule has 20 heavy (non-hydrogen) atoms. The Kier molecular flexibility index (Phi) is 2.67. The molecule has 0 radical (unpaired) electrons. The van der Waals surface area contributed by atoms with E-state index in [1.165, 1.54) is 25.7 Å². The van der Waals surface area contributed by atoms with Crippen molar-refractivity contribution in [3.05, 3.63) is 12.2 Å². The van der Waals surface area contributed by atoms with E-state index in [2.05, 4.69) is 24.4 Å². The van der Waals surface area contributed by atoms with E-state index in [9.17, 15) is 0 Å². The average molecular weight is 271 g/mol. The first-order valence-corrected chi connectivity index (χ1v) is 9.24. The van der Waals surface area contributed by atoms with E-state index in [4.69, 9.17) is 0 Å². The van der Waals surface area contributed by atoms with Crippen molar-refractivity contribution in [2.45, 2.75) is 64.0 Å². The smallest absolute Gasteiger partial charge is 0.0103 e. The molecule has 110 valence electrons. The molecule has 5 aliphatic carbocycles. The first kappa shape index (κ1) is 12.3. The topological polar surface area (TPSA) is 12.0 Å². The zero-order valence-electron chi connectivity index (χ0n) is 12.8. The Labute approximate surface area is 123 Å². The van der Waals surface area contributed by atoms with Crippen LogP contribution < -0.4 is 5.32 Å². The second-order valence-electron chi connectivity index (χ2n) is 8.66. The molecule has 4 fully saturated rings. The minimum absolute atomic E-state index is 0.749. The largest absolute Gasteiger partial charge is 0.311 e. The predicted molar refractivity (Wildman–Crippen MR) is 82.3 cm³/mol. The van der Waals surface area contributed by atoms with Crippen LogP contribution in [-0.4, -0.2) is 12.1 Å². The summed E-state index contributed by atoms with van der Waals surface area (Å²) >= 11 is 0. The van der Waals surface area contributed by atoms with Gasteiger partial charge in [-0.05, 0) is 86.9 Å². The number of allylic oxidation sites excluding steroid dienone is 2. The minimum Gasteiger partial charge on any atom is -0.311 e. The summed E-state index contributed by atoms with van der Waals surface area (Å²) in [6.07, 6.45) is 15.6. The van der Waals surface area contributed by atoms with Crippen LogP contribution in [0.5, 0.6) is 0 Å². The van der Waals surface area contributed by atoms with Gasteiger partial charge < -0.3 is 5.32 Å². The van der Waals surface area contributed by atoms with E-state index in [0.717, 1.165) is 53.5 Å². The molecule has 0 amide bonds. The van der Waals surface area contributed by atoms with Crippen LogP contribution in [0.1, 0.15) is 51.9 Å². The van der Waals surface area contributed by atoms with Gasteiger partial charge in [0, 0.05) is 12.1 Å². The Balaban J connectivity index is 1.26. The molecule has 0 aromatic rings. The van der Waals surface area contributed by atoms with Crippen LogP contribution in [0.4, 0.5) is 0 Å². The van der Waals surface area contributed by atoms with Crippen molar-refractivity contribution in [2.75, 3.05) is 0 Å². The molecule has 1 nitrogen and oxygen atoms in total. The molecule has 0 saturated heterocycles. The number of nitrogens with one attached hydrogen (secondary N) is 1. The molecule has 9 unspecified atom stereocenters. The maximum absolute atomic E-state index is 4.12. The van der Waals surface area contributed by atoms with E-state index in [0.29, 0.717) is 0 Å². The van der Waals surface area contributed by atoms with Gasteiger partial charge in [-0.15, -0.1) is 0 Å². The number of hydrogen-bond donors (Lipinski definition) is 1. The zero-order chi connectivity index (χ0) is 13.3. The van der Waals surface area contributed by atoms with Crippen LogP contribution in [-0.2, 0) is 0 Å². The lowest BCUT2D eigenvalue weighted by Gasteiger charge is -2.36. The van der Waals surface area contributed by atoms with Crippen molar-refractivity contribution in [3.8, 4) is 0 Å². The quantitative estimate of drug-likeness (QED) is 0.765. The molecule has 4 bridgehead atoms. The predicted octanol–water partition coefficient (Wildman–Crippen LogP) is 4.00. The zero-order valence-corrected chi connectivity index (χ0v) is 12.8. The van der Waals surface area contributed by atoms with Gasteiger partial charge in [0.15, 0.2) is 0 Å². The number of fused-ring (bicyclic) bond motifs is 7. The molecule has 0 aliphatic heterocycles. The van der Waals surface area contributed by atoms with Crippen LogP contribution in [0.25, 0.3) is 0 Å². The summed E-state index contributed by atoms with van der Waals surface area (Å²) in [7, 11) is 0. The summed E-state index contributed by atoms with van der Waals surface area (Å²) in [4.78, 5) is 0. The van der Waals surface area contributed by atoms with Crippen molar-refractivity contribution in [3.63, 3.8) is 0 Å². The average Bonchev–Trinajstić information content (AvgIpc) is 3.21. The first-order valence-electron chi connectivity index (χ1n) is 9.24. The molecule has 4 saturated carbocycles. The van der Waals surface area contributed by atoms with Crippen molar-refractivity contribution < 1.29 is 0 Å². The maximum atomic E-state index is 4.12. The fourth-order valence-corrected chi connectivity index (χ4v) is 7.12. The van der Waals surface area contributed by atoms with Gasteiger partial charge >= 0.3 is 0 Å². The standard InChI is InChI=1S/C19H29N/c1-11(17-8-12-5-6-13(17)7-12)20-19-10-14-9-18(19)16-4-2-3-15(14)16/h5-6,11-20H,2-4,7-10H2,1H3. The molecule has 5 rings (SSSR count). The van der Waals surface area contributed by atoms with Gasteiger partial charge in [0.05, 0.1) is 0 Å². The van der Waals surface area contributed by atoms with Gasteiger partial charge in [0.1, 0.15) is 0 Å². The number of rotatable bonds is 3. The van der Waals surface area contributed by atoms with Crippen molar-refractivity contribution in [1.29, 1.82) is 0 Å². The summed E-state index contributed by atoms with van der Waals surface area (Å²) in [5, 5.41) is 4.12. The summed E-state index contributed by atoms with van der Waals surface area (Å²) in [6, 6.07) is 1.62. The van der Waals surface area contributed by atoms with Crippen LogP contribution in [0.15, 0.2) is 12.2 Å². The Morgan fingerprint density at radius 2 is 1.85 bits per heavy atom. The summed E-state index contributed by atoms with van der Waals surface area (Å²) in [5.41, 5.74) is 0. The number of hydrogen-bond acceptors (Lipinski definition) is 1. The van der Waals surface area contributed by atoms with Crippen molar-refractivity contribution in [2.24, 2.45) is 41.4 Å². The first-order chi connectivity index (χ1) is 9.79. The summed E-state index contributed by atoms with van der Waals surface area (Å²) in [5.74, 6) is 7.15. The van der Waals surface area contributed by atoms with E-state index in [-0.39, 0.29) is 0 Å².